The molecule has 0 aliphatic heterocycles. The van der Waals surface area contributed by atoms with Crippen molar-refractivity contribution in [2.75, 3.05) is 32.7 Å². The first-order chi connectivity index (χ1) is 14.0. The molecule has 0 spiro atoms. The van der Waals surface area contributed by atoms with Gasteiger partial charge in [0.05, 0.1) is 20.5 Å². The molecule has 0 N–H and O–H groups in total. The van der Waals surface area contributed by atoms with Crippen molar-refractivity contribution in [3.05, 3.63) is 48.9 Å². The highest BCUT2D eigenvalue weighted by atomic mass is 16.5. The highest BCUT2D eigenvalue weighted by Gasteiger charge is 2.17. The number of ether oxygens (including phenoxy) is 2. The van der Waals surface area contributed by atoms with E-state index < -0.39 is 0 Å². The Morgan fingerprint density at radius 2 is 1.76 bits per heavy atom. The van der Waals surface area contributed by atoms with Gasteiger partial charge >= 0.3 is 0 Å². The van der Waals surface area contributed by atoms with E-state index in [1.54, 1.807) is 20.5 Å². The lowest BCUT2D eigenvalue weighted by Crippen LogP contribution is -2.23. The van der Waals surface area contributed by atoms with E-state index in [-0.39, 0.29) is 0 Å². The van der Waals surface area contributed by atoms with Crippen LogP contribution >= 0.6 is 0 Å². The minimum Gasteiger partial charge on any atom is -0.493 e. The largest absolute Gasteiger partial charge is 0.493 e. The number of rotatable bonds is 6. The van der Waals surface area contributed by atoms with Crippen molar-refractivity contribution in [1.82, 2.24) is 4.98 Å². The molecule has 0 bridgehead atoms. The summed E-state index contributed by atoms with van der Waals surface area (Å²) in [5, 5.41) is 3.14. The van der Waals surface area contributed by atoms with Crippen LogP contribution in [0.5, 0.6) is 11.5 Å². The average Bonchev–Trinajstić information content (AvgIpc) is 3.18. The SMILES string of the molecule is COc1cc2cc3ccoc3c(-c3ccc(N(C)CC(C)C)nc3)c2cc1OC. The van der Waals surface area contributed by atoms with Crippen molar-refractivity contribution >= 4 is 27.6 Å². The molecule has 5 nitrogen and oxygen atoms in total. The Labute approximate surface area is 170 Å². The van der Waals surface area contributed by atoms with Crippen molar-refractivity contribution in [2.45, 2.75) is 13.8 Å². The van der Waals surface area contributed by atoms with Gasteiger partial charge in [0.15, 0.2) is 11.5 Å². The quantitative estimate of drug-likeness (QED) is 0.419. The summed E-state index contributed by atoms with van der Waals surface area (Å²) in [5.74, 6) is 2.92. The van der Waals surface area contributed by atoms with Crippen LogP contribution < -0.4 is 14.4 Å². The maximum Gasteiger partial charge on any atom is 0.161 e. The molecule has 2 aromatic heterocycles. The zero-order valence-electron chi connectivity index (χ0n) is 17.5. The van der Waals surface area contributed by atoms with E-state index in [4.69, 9.17) is 18.9 Å². The molecule has 29 heavy (non-hydrogen) atoms. The zero-order valence-corrected chi connectivity index (χ0v) is 17.5. The second kappa shape index (κ2) is 7.66. The van der Waals surface area contributed by atoms with Crippen molar-refractivity contribution in [2.24, 2.45) is 5.92 Å². The van der Waals surface area contributed by atoms with Gasteiger partial charge in [-0.1, -0.05) is 13.8 Å². The van der Waals surface area contributed by atoms with Crippen LogP contribution in [0, 0.1) is 5.92 Å². The molecular weight excluding hydrogens is 364 g/mol. The third kappa shape index (κ3) is 3.48. The molecule has 0 amide bonds. The van der Waals surface area contributed by atoms with E-state index in [1.165, 1.54) is 0 Å². The zero-order chi connectivity index (χ0) is 20.5. The number of hydrogen-bond donors (Lipinski definition) is 0. The summed E-state index contributed by atoms with van der Waals surface area (Å²) in [4.78, 5) is 6.89. The number of fused-ring (bicyclic) bond motifs is 2. The van der Waals surface area contributed by atoms with Gasteiger partial charge < -0.3 is 18.8 Å². The maximum absolute atomic E-state index is 5.86. The normalized spacial score (nSPS) is 11.4. The third-order valence-corrected chi connectivity index (χ3v) is 5.13. The minimum absolute atomic E-state index is 0.574. The molecule has 0 unspecified atom stereocenters. The molecule has 4 aromatic rings. The first-order valence-corrected chi connectivity index (χ1v) is 9.75. The van der Waals surface area contributed by atoms with Crippen molar-refractivity contribution < 1.29 is 13.9 Å². The number of nitrogens with zero attached hydrogens (tertiary/aromatic N) is 2. The number of furan rings is 1. The van der Waals surface area contributed by atoms with Gasteiger partial charge in [-0.05, 0) is 53.1 Å². The number of aromatic nitrogens is 1. The van der Waals surface area contributed by atoms with Crippen LogP contribution in [0.3, 0.4) is 0 Å². The predicted octanol–water partition coefficient (Wildman–Crippen LogP) is 5.76. The van der Waals surface area contributed by atoms with Crippen LogP contribution in [0.1, 0.15) is 13.8 Å². The van der Waals surface area contributed by atoms with E-state index >= 15 is 0 Å². The molecule has 0 saturated heterocycles. The Hall–Kier alpha value is -3.21. The number of benzene rings is 2. The highest BCUT2D eigenvalue weighted by Crippen LogP contribution is 2.41. The smallest absolute Gasteiger partial charge is 0.161 e. The predicted molar refractivity (Wildman–Crippen MR) is 118 cm³/mol. The number of methoxy groups -OCH3 is 2. The fourth-order valence-electron chi connectivity index (χ4n) is 3.84. The van der Waals surface area contributed by atoms with Gasteiger partial charge in [0, 0.05) is 36.3 Å². The topological polar surface area (TPSA) is 47.7 Å². The van der Waals surface area contributed by atoms with Crippen LogP contribution in [0.4, 0.5) is 5.82 Å². The lowest BCUT2D eigenvalue weighted by Gasteiger charge is -2.20. The fraction of sp³-hybridized carbons (Fsp3) is 0.292. The van der Waals surface area contributed by atoms with E-state index in [0.717, 1.165) is 45.2 Å². The Morgan fingerprint density at radius 3 is 2.41 bits per heavy atom. The molecule has 0 aliphatic carbocycles. The van der Waals surface area contributed by atoms with Crippen LogP contribution in [-0.4, -0.2) is 32.8 Å². The van der Waals surface area contributed by atoms with Gasteiger partial charge in [0.25, 0.3) is 0 Å². The molecule has 0 saturated carbocycles. The molecular formula is C24H26N2O3. The van der Waals surface area contributed by atoms with Gasteiger partial charge in [-0.3, -0.25) is 0 Å². The molecule has 0 fully saturated rings. The highest BCUT2D eigenvalue weighted by molar-refractivity contribution is 6.11. The monoisotopic (exact) mass is 390 g/mol. The van der Waals surface area contributed by atoms with E-state index in [1.807, 2.05) is 24.4 Å². The first-order valence-electron chi connectivity index (χ1n) is 9.75. The molecule has 4 rings (SSSR count). The van der Waals surface area contributed by atoms with Crippen molar-refractivity contribution in [1.29, 1.82) is 0 Å². The van der Waals surface area contributed by atoms with Crippen molar-refractivity contribution in [3.63, 3.8) is 0 Å². The average molecular weight is 390 g/mol. The molecule has 0 aliphatic rings. The maximum atomic E-state index is 5.86. The third-order valence-electron chi connectivity index (χ3n) is 5.13. The fourth-order valence-corrected chi connectivity index (χ4v) is 3.84. The molecule has 150 valence electrons. The second-order valence-corrected chi connectivity index (χ2v) is 7.70. The number of anilines is 1. The van der Waals surface area contributed by atoms with Gasteiger partial charge in [0.1, 0.15) is 11.4 Å². The molecule has 0 atom stereocenters. The lowest BCUT2D eigenvalue weighted by atomic mass is 9.96. The molecule has 2 heterocycles. The molecule has 2 aromatic carbocycles. The van der Waals surface area contributed by atoms with Crippen LogP contribution in [-0.2, 0) is 0 Å². The van der Waals surface area contributed by atoms with Gasteiger partial charge in [-0.15, -0.1) is 0 Å². The summed E-state index contributed by atoms with van der Waals surface area (Å²) >= 11 is 0. The van der Waals surface area contributed by atoms with E-state index in [9.17, 15) is 0 Å². The summed E-state index contributed by atoms with van der Waals surface area (Å²) < 4.78 is 16.9. The lowest BCUT2D eigenvalue weighted by molar-refractivity contribution is 0.356. The standard InChI is InChI=1S/C24H26N2O3/c1-15(2)14-26(3)22-7-6-17(13-25-22)23-19-12-21(28-5)20(27-4)11-18(19)10-16-8-9-29-24(16)23/h6-13,15H,14H2,1-5H3. The van der Waals surface area contributed by atoms with Crippen LogP contribution in [0.25, 0.3) is 32.9 Å². The Balaban J connectivity index is 1.90. The summed E-state index contributed by atoms with van der Waals surface area (Å²) in [6.45, 7) is 5.37. The summed E-state index contributed by atoms with van der Waals surface area (Å²) in [6, 6.07) is 12.3. The Bertz CT molecular complexity index is 1150. The molecule has 0 radical (unpaired) electrons. The van der Waals surface area contributed by atoms with Crippen LogP contribution in [0.15, 0.2) is 53.3 Å². The first kappa shape index (κ1) is 19.1. The Kier molecular flexibility index (Phi) is 5.05. The second-order valence-electron chi connectivity index (χ2n) is 7.70. The molecule has 5 heteroatoms. The summed E-state index contributed by atoms with van der Waals surface area (Å²) in [5.41, 5.74) is 2.85. The Morgan fingerprint density at radius 1 is 1.00 bits per heavy atom. The minimum atomic E-state index is 0.574. The van der Waals surface area contributed by atoms with Gasteiger partial charge in [-0.2, -0.15) is 0 Å². The van der Waals surface area contributed by atoms with Gasteiger partial charge in [0.2, 0.25) is 0 Å². The number of hydrogen-bond acceptors (Lipinski definition) is 5. The summed E-state index contributed by atoms with van der Waals surface area (Å²) in [6.07, 6.45) is 3.64. The van der Waals surface area contributed by atoms with E-state index in [0.29, 0.717) is 17.4 Å². The summed E-state index contributed by atoms with van der Waals surface area (Å²) in [7, 11) is 5.37. The number of pyridine rings is 1. The van der Waals surface area contributed by atoms with Crippen molar-refractivity contribution in [3.8, 4) is 22.6 Å². The van der Waals surface area contributed by atoms with E-state index in [2.05, 4.69) is 44.0 Å². The van der Waals surface area contributed by atoms with Crippen LogP contribution in [0.2, 0.25) is 0 Å². The van der Waals surface area contributed by atoms with Gasteiger partial charge in [-0.25, -0.2) is 4.98 Å².